The third kappa shape index (κ3) is 1.64. The Bertz CT molecular complexity index is 316. The van der Waals surface area contributed by atoms with E-state index < -0.39 is 17.5 Å². The fraction of sp³-hybridized carbons (Fsp3) is 0.600. The summed E-state index contributed by atoms with van der Waals surface area (Å²) in [6.07, 6.45) is 0.400. The molecule has 0 bridgehead atoms. The van der Waals surface area contributed by atoms with E-state index in [1.54, 1.807) is 13.8 Å². The molecule has 14 heavy (non-hydrogen) atoms. The molecule has 1 heterocycles. The Hall–Kier alpha value is -1.32. The van der Waals surface area contributed by atoms with Crippen LogP contribution < -0.4 is 0 Å². The van der Waals surface area contributed by atoms with Gasteiger partial charge in [-0.05, 0) is 20.8 Å². The standard InChI is InChI=1S/C10H14O4/c1-6-5-10(3,9(12)13-4)14-8(11)7(6)2/h5H2,1-4H3. The maximum atomic E-state index is 11.4. The van der Waals surface area contributed by atoms with Gasteiger partial charge in [-0.3, -0.25) is 0 Å². The van der Waals surface area contributed by atoms with Gasteiger partial charge in [0.05, 0.1) is 7.11 Å². The van der Waals surface area contributed by atoms with Crippen LogP contribution in [-0.2, 0) is 19.1 Å². The smallest absolute Gasteiger partial charge is 0.350 e. The number of ether oxygens (including phenoxy) is 2. The minimum absolute atomic E-state index is 0.400. The Labute approximate surface area is 82.9 Å². The quantitative estimate of drug-likeness (QED) is 0.594. The normalized spacial score (nSPS) is 27.3. The van der Waals surface area contributed by atoms with Crippen molar-refractivity contribution in [3.05, 3.63) is 11.1 Å². The molecular weight excluding hydrogens is 184 g/mol. The van der Waals surface area contributed by atoms with E-state index in [0.29, 0.717) is 12.0 Å². The van der Waals surface area contributed by atoms with Gasteiger partial charge in [0.15, 0.2) is 0 Å². The van der Waals surface area contributed by atoms with E-state index in [1.165, 1.54) is 7.11 Å². The lowest BCUT2D eigenvalue weighted by atomic mass is 9.91. The van der Waals surface area contributed by atoms with Gasteiger partial charge in [0.1, 0.15) is 0 Å². The first kappa shape index (κ1) is 10.8. The van der Waals surface area contributed by atoms with Crippen LogP contribution in [0.15, 0.2) is 11.1 Å². The number of carbonyl (C=O) groups excluding carboxylic acids is 2. The average Bonchev–Trinajstić information content (AvgIpc) is 2.12. The van der Waals surface area contributed by atoms with Crippen molar-refractivity contribution in [1.82, 2.24) is 0 Å². The number of esters is 2. The van der Waals surface area contributed by atoms with Gasteiger partial charge in [0, 0.05) is 12.0 Å². The zero-order chi connectivity index (χ0) is 10.9. The maximum absolute atomic E-state index is 11.4. The summed E-state index contributed by atoms with van der Waals surface area (Å²) in [5, 5.41) is 0. The third-order valence-corrected chi connectivity index (χ3v) is 2.48. The topological polar surface area (TPSA) is 52.6 Å². The van der Waals surface area contributed by atoms with Crippen LogP contribution in [0.2, 0.25) is 0 Å². The summed E-state index contributed by atoms with van der Waals surface area (Å²) in [7, 11) is 1.28. The largest absolute Gasteiger partial charge is 0.466 e. The van der Waals surface area contributed by atoms with Crippen LogP contribution in [0, 0.1) is 0 Å². The van der Waals surface area contributed by atoms with Crippen molar-refractivity contribution in [1.29, 1.82) is 0 Å². The zero-order valence-electron chi connectivity index (χ0n) is 8.84. The lowest BCUT2D eigenvalue weighted by Crippen LogP contribution is -2.44. The zero-order valence-corrected chi connectivity index (χ0v) is 8.84. The first-order valence-corrected chi connectivity index (χ1v) is 4.39. The summed E-state index contributed by atoms with van der Waals surface area (Å²) >= 11 is 0. The molecule has 1 atom stereocenters. The second-order valence-electron chi connectivity index (χ2n) is 3.69. The van der Waals surface area contributed by atoms with Crippen LogP contribution in [0.25, 0.3) is 0 Å². The number of methoxy groups -OCH3 is 1. The van der Waals surface area contributed by atoms with Crippen molar-refractivity contribution in [2.75, 3.05) is 7.11 Å². The molecular formula is C10H14O4. The van der Waals surface area contributed by atoms with Crippen molar-refractivity contribution in [2.45, 2.75) is 32.8 Å². The Morgan fingerprint density at radius 3 is 2.50 bits per heavy atom. The number of cyclic esters (lactones) is 1. The molecule has 0 spiro atoms. The molecule has 4 nitrogen and oxygen atoms in total. The highest BCUT2D eigenvalue weighted by Gasteiger charge is 2.42. The average molecular weight is 198 g/mol. The van der Waals surface area contributed by atoms with Gasteiger partial charge >= 0.3 is 11.9 Å². The van der Waals surface area contributed by atoms with Crippen LogP contribution in [0.1, 0.15) is 27.2 Å². The minimum Gasteiger partial charge on any atom is -0.466 e. The monoisotopic (exact) mass is 198 g/mol. The lowest BCUT2D eigenvalue weighted by Gasteiger charge is -2.31. The number of hydrogen-bond acceptors (Lipinski definition) is 4. The fourth-order valence-electron chi connectivity index (χ4n) is 1.46. The molecule has 0 aromatic carbocycles. The Balaban J connectivity index is 3.00. The molecule has 0 aromatic heterocycles. The fourth-order valence-corrected chi connectivity index (χ4v) is 1.46. The molecule has 1 aliphatic rings. The van der Waals surface area contributed by atoms with Crippen molar-refractivity contribution in [2.24, 2.45) is 0 Å². The van der Waals surface area contributed by atoms with E-state index in [1.807, 2.05) is 6.92 Å². The highest BCUT2D eigenvalue weighted by Crippen LogP contribution is 2.30. The predicted molar refractivity (Wildman–Crippen MR) is 49.5 cm³/mol. The van der Waals surface area contributed by atoms with E-state index >= 15 is 0 Å². The van der Waals surface area contributed by atoms with Gasteiger partial charge in [0.2, 0.25) is 5.60 Å². The summed E-state index contributed by atoms with van der Waals surface area (Å²) in [5.74, 6) is -0.959. The molecule has 78 valence electrons. The van der Waals surface area contributed by atoms with Gasteiger partial charge in [0.25, 0.3) is 0 Å². The Morgan fingerprint density at radius 1 is 1.50 bits per heavy atom. The molecule has 0 radical (unpaired) electrons. The summed E-state index contributed by atoms with van der Waals surface area (Å²) in [4.78, 5) is 22.7. The Kier molecular flexibility index (Phi) is 2.64. The Morgan fingerprint density at radius 2 is 2.07 bits per heavy atom. The van der Waals surface area contributed by atoms with E-state index in [2.05, 4.69) is 4.74 Å². The molecule has 0 N–H and O–H groups in total. The molecule has 0 amide bonds. The van der Waals surface area contributed by atoms with Crippen molar-refractivity contribution >= 4 is 11.9 Å². The molecule has 1 unspecified atom stereocenters. The van der Waals surface area contributed by atoms with Gasteiger partial charge in [-0.15, -0.1) is 0 Å². The number of hydrogen-bond donors (Lipinski definition) is 0. The molecule has 4 heteroatoms. The predicted octanol–water partition coefficient (Wildman–Crippen LogP) is 1.20. The summed E-state index contributed by atoms with van der Waals surface area (Å²) < 4.78 is 9.62. The van der Waals surface area contributed by atoms with Crippen LogP contribution in [0.4, 0.5) is 0 Å². The molecule has 0 aromatic rings. The maximum Gasteiger partial charge on any atom is 0.350 e. The van der Waals surface area contributed by atoms with E-state index in [9.17, 15) is 9.59 Å². The highest BCUT2D eigenvalue weighted by atomic mass is 16.6. The number of carbonyl (C=O) groups is 2. The van der Waals surface area contributed by atoms with Crippen molar-refractivity contribution < 1.29 is 19.1 Å². The molecule has 0 saturated heterocycles. The lowest BCUT2D eigenvalue weighted by molar-refractivity contribution is -0.177. The molecule has 1 aliphatic heterocycles. The van der Waals surface area contributed by atoms with Gasteiger partial charge in [-0.25, -0.2) is 9.59 Å². The second-order valence-corrected chi connectivity index (χ2v) is 3.69. The first-order valence-electron chi connectivity index (χ1n) is 4.39. The SMILES string of the molecule is COC(=O)C1(C)CC(C)=C(C)C(=O)O1. The van der Waals surface area contributed by atoms with Crippen LogP contribution in [0.3, 0.4) is 0 Å². The molecule has 0 saturated carbocycles. The van der Waals surface area contributed by atoms with E-state index in [4.69, 9.17) is 4.74 Å². The summed E-state index contributed by atoms with van der Waals surface area (Å²) in [6.45, 7) is 5.07. The molecule has 1 rings (SSSR count). The molecule has 0 aliphatic carbocycles. The van der Waals surface area contributed by atoms with Gasteiger partial charge < -0.3 is 9.47 Å². The van der Waals surface area contributed by atoms with Crippen molar-refractivity contribution in [3.63, 3.8) is 0 Å². The van der Waals surface area contributed by atoms with Crippen LogP contribution in [0.5, 0.6) is 0 Å². The minimum atomic E-state index is -1.16. The third-order valence-electron chi connectivity index (χ3n) is 2.48. The highest BCUT2D eigenvalue weighted by molar-refractivity contribution is 5.94. The van der Waals surface area contributed by atoms with Crippen molar-refractivity contribution in [3.8, 4) is 0 Å². The second kappa shape index (κ2) is 3.44. The molecule has 0 fully saturated rings. The van der Waals surface area contributed by atoms with E-state index in [0.717, 1.165) is 5.57 Å². The summed E-state index contributed by atoms with van der Waals surface area (Å²) in [5.41, 5.74) is 0.288. The number of rotatable bonds is 1. The van der Waals surface area contributed by atoms with Crippen LogP contribution >= 0.6 is 0 Å². The van der Waals surface area contributed by atoms with Gasteiger partial charge in [-0.2, -0.15) is 0 Å². The van der Waals surface area contributed by atoms with Gasteiger partial charge in [-0.1, -0.05) is 5.57 Å². The van der Waals surface area contributed by atoms with E-state index in [-0.39, 0.29) is 0 Å². The summed E-state index contributed by atoms with van der Waals surface area (Å²) in [6, 6.07) is 0. The van der Waals surface area contributed by atoms with Crippen LogP contribution in [-0.4, -0.2) is 24.6 Å². The first-order chi connectivity index (χ1) is 6.40.